The Hall–Kier alpha value is -2.40. The van der Waals surface area contributed by atoms with Crippen molar-refractivity contribution in [3.05, 3.63) is 41.0 Å². The molecule has 2 aromatic rings. The molecule has 0 saturated carbocycles. The van der Waals surface area contributed by atoms with Crippen LogP contribution < -0.4 is 19.5 Å². The number of hydrogen-bond acceptors (Lipinski definition) is 5. The number of nitrogens with one attached hydrogen (secondary N) is 1. The quantitative estimate of drug-likeness (QED) is 0.783. The van der Waals surface area contributed by atoms with E-state index in [2.05, 4.69) is 5.32 Å². The molecule has 0 unspecified atom stereocenters. The van der Waals surface area contributed by atoms with Crippen LogP contribution in [0.2, 0.25) is 0 Å². The summed E-state index contributed by atoms with van der Waals surface area (Å²) in [5, 5.41) is 13.8. The number of phenols is 1. The molecule has 2 aromatic carbocycles. The molecule has 5 heteroatoms. The van der Waals surface area contributed by atoms with Crippen LogP contribution in [-0.4, -0.2) is 18.4 Å². The highest BCUT2D eigenvalue weighted by Crippen LogP contribution is 2.49. The van der Waals surface area contributed by atoms with Crippen LogP contribution in [0.25, 0.3) is 0 Å². The van der Waals surface area contributed by atoms with Gasteiger partial charge in [-0.05, 0) is 37.1 Å². The van der Waals surface area contributed by atoms with Gasteiger partial charge >= 0.3 is 0 Å². The number of fused-ring (bicyclic) bond motifs is 2. The number of rotatable bonds is 0. The van der Waals surface area contributed by atoms with E-state index in [1.807, 2.05) is 18.2 Å². The number of phenolic OH excluding ortho intramolecular Hbond substituents is 1. The maximum Gasteiger partial charge on any atom is 0.231 e. The van der Waals surface area contributed by atoms with E-state index in [4.69, 9.17) is 14.2 Å². The molecule has 0 fully saturated rings. The Labute approximate surface area is 127 Å². The van der Waals surface area contributed by atoms with Gasteiger partial charge in [-0.3, -0.25) is 0 Å². The lowest BCUT2D eigenvalue weighted by atomic mass is 9.90. The van der Waals surface area contributed by atoms with Crippen molar-refractivity contribution in [2.45, 2.75) is 18.9 Å². The first kappa shape index (κ1) is 12.2. The zero-order chi connectivity index (χ0) is 14.7. The molecule has 0 amide bonds. The van der Waals surface area contributed by atoms with Gasteiger partial charge in [0.2, 0.25) is 6.79 Å². The summed E-state index contributed by atoms with van der Waals surface area (Å²) < 4.78 is 17.0. The fraction of sp³-hybridized carbons (Fsp3) is 0.294. The number of hydrogen-bond donors (Lipinski definition) is 2. The lowest BCUT2D eigenvalue weighted by Gasteiger charge is -2.27. The van der Waals surface area contributed by atoms with Crippen molar-refractivity contribution in [3.63, 3.8) is 0 Å². The molecule has 0 bridgehead atoms. The number of ether oxygens (including phenoxy) is 3. The van der Waals surface area contributed by atoms with Crippen molar-refractivity contribution in [3.8, 4) is 28.7 Å². The van der Waals surface area contributed by atoms with Crippen molar-refractivity contribution in [2.24, 2.45) is 0 Å². The largest absolute Gasteiger partial charge is 0.504 e. The SMILES string of the molecule is Oc1ccc2c3c1Oc1cc4c(cc1C[C@@H]3NCC2)OCO4. The Morgan fingerprint density at radius 2 is 1.91 bits per heavy atom. The van der Waals surface area contributed by atoms with Crippen molar-refractivity contribution >= 4 is 0 Å². The predicted octanol–water partition coefficient (Wildman–Crippen LogP) is 2.66. The fourth-order valence-corrected chi connectivity index (χ4v) is 3.54. The molecule has 1 atom stereocenters. The Balaban J connectivity index is 1.72. The van der Waals surface area contributed by atoms with Gasteiger partial charge in [-0.1, -0.05) is 6.07 Å². The summed E-state index contributed by atoms with van der Waals surface area (Å²) >= 11 is 0. The van der Waals surface area contributed by atoms with E-state index >= 15 is 0 Å². The smallest absolute Gasteiger partial charge is 0.231 e. The summed E-state index contributed by atoms with van der Waals surface area (Å²) in [6, 6.07) is 7.69. The summed E-state index contributed by atoms with van der Waals surface area (Å²) in [5.41, 5.74) is 3.37. The van der Waals surface area contributed by atoms with Gasteiger partial charge in [-0.2, -0.15) is 0 Å². The van der Waals surface area contributed by atoms with E-state index in [0.29, 0.717) is 11.5 Å². The lowest BCUT2D eigenvalue weighted by Crippen LogP contribution is -2.30. The van der Waals surface area contributed by atoms with Gasteiger partial charge in [0.15, 0.2) is 23.0 Å². The van der Waals surface area contributed by atoms with Crippen LogP contribution in [0, 0.1) is 0 Å². The van der Waals surface area contributed by atoms with Crippen molar-refractivity contribution in [1.82, 2.24) is 5.32 Å². The Morgan fingerprint density at radius 3 is 2.82 bits per heavy atom. The highest BCUT2D eigenvalue weighted by Gasteiger charge is 2.31. The van der Waals surface area contributed by atoms with Gasteiger partial charge in [-0.25, -0.2) is 0 Å². The van der Waals surface area contributed by atoms with Gasteiger partial charge in [0.1, 0.15) is 5.75 Å². The third-order valence-electron chi connectivity index (χ3n) is 4.59. The molecular weight excluding hydrogens is 282 g/mol. The van der Waals surface area contributed by atoms with Crippen LogP contribution in [0.5, 0.6) is 28.7 Å². The molecule has 5 rings (SSSR count). The molecule has 0 aliphatic carbocycles. The molecule has 5 nitrogen and oxygen atoms in total. The monoisotopic (exact) mass is 297 g/mol. The van der Waals surface area contributed by atoms with Gasteiger partial charge < -0.3 is 24.6 Å². The molecule has 3 heterocycles. The summed E-state index contributed by atoms with van der Waals surface area (Å²) in [6.45, 7) is 1.17. The predicted molar refractivity (Wildman–Crippen MR) is 78.9 cm³/mol. The molecule has 0 radical (unpaired) electrons. The van der Waals surface area contributed by atoms with E-state index < -0.39 is 0 Å². The lowest BCUT2D eigenvalue weighted by molar-refractivity contribution is 0.174. The maximum atomic E-state index is 10.3. The summed E-state index contributed by atoms with van der Waals surface area (Å²) in [7, 11) is 0. The van der Waals surface area contributed by atoms with Gasteiger partial charge in [-0.15, -0.1) is 0 Å². The second-order valence-corrected chi connectivity index (χ2v) is 5.86. The Kier molecular flexibility index (Phi) is 2.38. The van der Waals surface area contributed by atoms with Gasteiger partial charge in [0.25, 0.3) is 0 Å². The first-order chi connectivity index (χ1) is 10.8. The molecule has 22 heavy (non-hydrogen) atoms. The van der Waals surface area contributed by atoms with Crippen LogP contribution >= 0.6 is 0 Å². The van der Waals surface area contributed by atoms with Crippen molar-refractivity contribution in [1.29, 1.82) is 0 Å². The summed E-state index contributed by atoms with van der Waals surface area (Å²) in [5.74, 6) is 2.92. The minimum absolute atomic E-state index is 0.146. The van der Waals surface area contributed by atoms with Crippen LogP contribution in [0.3, 0.4) is 0 Å². The molecule has 3 aliphatic rings. The van der Waals surface area contributed by atoms with E-state index in [-0.39, 0.29) is 18.6 Å². The first-order valence-electron chi connectivity index (χ1n) is 7.48. The molecule has 3 aliphatic heterocycles. The molecule has 0 aromatic heterocycles. The molecule has 0 saturated heterocycles. The normalized spacial score (nSPS) is 20.6. The molecule has 112 valence electrons. The number of benzene rings is 2. The summed E-state index contributed by atoms with van der Waals surface area (Å²) in [6.07, 6.45) is 1.75. The van der Waals surface area contributed by atoms with Crippen molar-refractivity contribution in [2.75, 3.05) is 13.3 Å². The van der Waals surface area contributed by atoms with Crippen LogP contribution in [0.4, 0.5) is 0 Å². The third-order valence-corrected chi connectivity index (χ3v) is 4.59. The minimum Gasteiger partial charge on any atom is -0.504 e. The van der Waals surface area contributed by atoms with Crippen LogP contribution in [0.15, 0.2) is 24.3 Å². The third kappa shape index (κ3) is 1.63. The second-order valence-electron chi connectivity index (χ2n) is 5.86. The standard InChI is InChI=1S/C17H15NO4/c19-12-2-1-9-3-4-18-11-5-10-6-14-15(21-8-20-14)7-13(10)22-17(12)16(9)11/h1-2,6-7,11,18-19H,3-5,8H2/t11-/m0/s1. The first-order valence-corrected chi connectivity index (χ1v) is 7.48. The van der Waals surface area contributed by atoms with Crippen LogP contribution in [0.1, 0.15) is 22.7 Å². The highest BCUT2D eigenvalue weighted by atomic mass is 16.7. The molecule has 0 spiro atoms. The van der Waals surface area contributed by atoms with Gasteiger partial charge in [0, 0.05) is 23.2 Å². The highest BCUT2D eigenvalue weighted by molar-refractivity contribution is 5.60. The average molecular weight is 297 g/mol. The second kappa shape index (κ2) is 4.30. The zero-order valence-electron chi connectivity index (χ0n) is 11.9. The van der Waals surface area contributed by atoms with E-state index in [1.54, 1.807) is 6.07 Å². The van der Waals surface area contributed by atoms with E-state index in [1.165, 1.54) is 5.56 Å². The van der Waals surface area contributed by atoms with Gasteiger partial charge in [0.05, 0.1) is 0 Å². The topological polar surface area (TPSA) is 60.0 Å². The van der Waals surface area contributed by atoms with Crippen molar-refractivity contribution < 1.29 is 19.3 Å². The Bertz CT molecular complexity index is 787. The van der Waals surface area contributed by atoms with E-state index in [9.17, 15) is 5.11 Å². The average Bonchev–Trinajstić information content (AvgIpc) is 2.90. The fourth-order valence-electron chi connectivity index (χ4n) is 3.54. The number of aromatic hydroxyl groups is 1. The molecular formula is C17H15NO4. The van der Waals surface area contributed by atoms with Crippen LogP contribution in [-0.2, 0) is 12.8 Å². The zero-order valence-corrected chi connectivity index (χ0v) is 11.9. The maximum absolute atomic E-state index is 10.3. The van der Waals surface area contributed by atoms with E-state index in [0.717, 1.165) is 42.0 Å². The summed E-state index contributed by atoms with van der Waals surface area (Å²) in [4.78, 5) is 0. The molecule has 2 N–H and O–H groups in total. The minimum atomic E-state index is 0.146. The Morgan fingerprint density at radius 1 is 1.05 bits per heavy atom.